The first-order chi connectivity index (χ1) is 28.6. The summed E-state index contributed by atoms with van der Waals surface area (Å²) in [6.45, 7) is 2.38. The van der Waals surface area contributed by atoms with Crippen LogP contribution in [-0.2, 0) is 19.1 Å². The number of carbonyl (C=O) groups excluding carboxylic acids is 4. The van der Waals surface area contributed by atoms with Crippen LogP contribution in [0.25, 0.3) is 33.9 Å². The van der Waals surface area contributed by atoms with Gasteiger partial charge < -0.3 is 39.9 Å². The molecule has 0 saturated carbocycles. The second-order valence-electron chi connectivity index (χ2n) is 14.0. The molecule has 1 aliphatic heterocycles. The number of rotatable bonds is 12. The van der Waals surface area contributed by atoms with Crippen LogP contribution in [0.1, 0.15) is 66.7 Å². The Bertz CT molecular complexity index is 2390. The van der Waals surface area contributed by atoms with Gasteiger partial charge in [-0.2, -0.15) is 0 Å². The molecule has 16 nitrogen and oxygen atoms in total. The van der Waals surface area contributed by atoms with Crippen molar-refractivity contribution in [3.63, 3.8) is 0 Å². The summed E-state index contributed by atoms with van der Waals surface area (Å²) in [7, 11) is 4.18. The number of aromatic amines is 2. The lowest BCUT2D eigenvalue weighted by Gasteiger charge is -2.28. The van der Waals surface area contributed by atoms with Crippen molar-refractivity contribution in [2.45, 2.75) is 43.9 Å². The summed E-state index contributed by atoms with van der Waals surface area (Å²) in [4.78, 5) is 80.2. The first kappa shape index (κ1) is 39.9. The third-order valence-corrected chi connectivity index (χ3v) is 10.4. The molecule has 4 amide bonds. The van der Waals surface area contributed by atoms with Crippen molar-refractivity contribution in [2.24, 2.45) is 0 Å². The van der Waals surface area contributed by atoms with E-state index in [1.807, 2.05) is 55.5 Å². The van der Waals surface area contributed by atoms with E-state index in [4.69, 9.17) is 9.47 Å². The smallest absolute Gasteiger partial charge is 0.407 e. The monoisotopic (exact) mass is 796 g/mol. The Kier molecular flexibility index (Phi) is 12.1. The highest BCUT2D eigenvalue weighted by Gasteiger charge is 2.37. The van der Waals surface area contributed by atoms with Crippen LogP contribution in [0.5, 0.6) is 0 Å². The number of ether oxygens (including phenoxy) is 2. The molecule has 1 aliphatic rings. The number of methoxy groups -OCH3 is 2. The minimum Gasteiger partial charge on any atom is -0.453 e. The summed E-state index contributed by atoms with van der Waals surface area (Å²) in [5, 5.41) is 5.33. The molecule has 3 aromatic heterocycles. The van der Waals surface area contributed by atoms with Gasteiger partial charge in [0.2, 0.25) is 5.91 Å². The van der Waals surface area contributed by atoms with Crippen molar-refractivity contribution >= 4 is 24.0 Å². The van der Waals surface area contributed by atoms with E-state index in [2.05, 4.69) is 40.5 Å². The molecule has 0 radical (unpaired) electrons. The van der Waals surface area contributed by atoms with Crippen LogP contribution in [0.15, 0.2) is 110 Å². The molecule has 1 fully saturated rings. The average Bonchev–Trinajstić information content (AvgIpc) is 4.09. The fourth-order valence-electron chi connectivity index (χ4n) is 7.04. The van der Waals surface area contributed by atoms with Gasteiger partial charge in [-0.05, 0) is 36.5 Å². The van der Waals surface area contributed by atoms with Crippen molar-refractivity contribution in [1.82, 2.24) is 50.3 Å². The highest BCUT2D eigenvalue weighted by Crippen LogP contribution is 2.34. The predicted molar refractivity (Wildman–Crippen MR) is 217 cm³/mol. The Balaban J connectivity index is 1.00. The number of H-pyrrole nitrogens is 2. The molecule has 4 heterocycles. The number of nitrogens with one attached hydrogen (secondary N) is 4. The third-order valence-electron chi connectivity index (χ3n) is 10.4. The van der Waals surface area contributed by atoms with Gasteiger partial charge in [0.05, 0.1) is 50.1 Å². The zero-order valence-corrected chi connectivity index (χ0v) is 33.0. The number of amides is 4. The van der Waals surface area contributed by atoms with Gasteiger partial charge in [-0.1, -0.05) is 84.9 Å². The van der Waals surface area contributed by atoms with Crippen LogP contribution < -0.4 is 10.6 Å². The zero-order chi connectivity index (χ0) is 41.5. The van der Waals surface area contributed by atoms with Gasteiger partial charge in [0.15, 0.2) is 5.82 Å². The van der Waals surface area contributed by atoms with E-state index in [1.165, 1.54) is 19.1 Å². The van der Waals surface area contributed by atoms with Crippen LogP contribution in [-0.4, -0.2) is 91.5 Å². The number of hydrogen-bond acceptors (Lipinski definition) is 10. The Hall–Kier alpha value is -7.36. The highest BCUT2D eigenvalue weighted by atomic mass is 16.5. The van der Waals surface area contributed by atoms with Crippen LogP contribution in [0.2, 0.25) is 0 Å². The average molecular weight is 797 g/mol. The zero-order valence-electron chi connectivity index (χ0n) is 33.0. The lowest BCUT2D eigenvalue weighted by atomic mass is 10.1. The summed E-state index contributed by atoms with van der Waals surface area (Å²) in [6, 6.07) is 23.2. The van der Waals surface area contributed by atoms with Gasteiger partial charge >= 0.3 is 12.2 Å². The maximum atomic E-state index is 13.9. The van der Waals surface area contributed by atoms with E-state index in [-0.39, 0.29) is 17.9 Å². The van der Waals surface area contributed by atoms with E-state index in [0.717, 1.165) is 28.8 Å². The third kappa shape index (κ3) is 8.81. The fraction of sp³-hybridized carbons (Fsp3) is 0.256. The van der Waals surface area contributed by atoms with E-state index < -0.39 is 30.3 Å². The van der Waals surface area contributed by atoms with Gasteiger partial charge in [0.1, 0.15) is 23.7 Å². The highest BCUT2D eigenvalue weighted by molar-refractivity contribution is 5.88. The van der Waals surface area contributed by atoms with Crippen LogP contribution in [0, 0.1) is 0 Å². The Morgan fingerprint density at radius 2 is 1.27 bits per heavy atom. The van der Waals surface area contributed by atoms with Crippen molar-refractivity contribution in [3.05, 3.63) is 132 Å². The molecule has 59 heavy (non-hydrogen) atoms. The molecule has 6 aromatic rings. The minimum absolute atomic E-state index is 0.244. The minimum atomic E-state index is -0.940. The van der Waals surface area contributed by atoms with Gasteiger partial charge in [-0.15, -0.1) is 0 Å². The summed E-state index contributed by atoms with van der Waals surface area (Å²) >= 11 is 0. The second-order valence-corrected chi connectivity index (χ2v) is 14.0. The maximum Gasteiger partial charge on any atom is 0.407 e. The predicted octanol–water partition coefficient (Wildman–Crippen LogP) is 6.30. The number of benzene rings is 3. The van der Waals surface area contributed by atoms with Crippen molar-refractivity contribution < 1.29 is 28.7 Å². The molecule has 3 aromatic carbocycles. The largest absolute Gasteiger partial charge is 0.453 e. The van der Waals surface area contributed by atoms with Crippen molar-refractivity contribution in [2.75, 3.05) is 27.8 Å². The first-order valence-electron chi connectivity index (χ1n) is 19.0. The number of alkyl carbamates (subject to hydrolysis) is 2. The van der Waals surface area contributed by atoms with Gasteiger partial charge in [0, 0.05) is 37.1 Å². The lowest BCUT2D eigenvalue weighted by molar-refractivity contribution is -0.135. The normalized spacial score (nSPS) is 15.1. The molecule has 1 saturated heterocycles. The van der Waals surface area contributed by atoms with E-state index in [1.54, 1.807) is 73.1 Å². The summed E-state index contributed by atoms with van der Waals surface area (Å²) in [5.41, 5.74) is 5.17. The van der Waals surface area contributed by atoms with Gasteiger partial charge in [-0.3, -0.25) is 9.59 Å². The van der Waals surface area contributed by atoms with Gasteiger partial charge in [-0.25, -0.2) is 29.5 Å². The molecule has 0 spiro atoms. The van der Waals surface area contributed by atoms with Crippen LogP contribution in [0.3, 0.4) is 0 Å². The number of likely N-dealkylation sites (N-methyl/N-ethyl adjacent to an activating group) is 1. The maximum absolute atomic E-state index is 13.9. The number of aromatic nitrogens is 6. The molecule has 7 rings (SSSR count). The van der Waals surface area contributed by atoms with E-state index >= 15 is 0 Å². The quantitative estimate of drug-likeness (QED) is 0.109. The topological polar surface area (TPSA) is 200 Å². The molecule has 0 bridgehead atoms. The molecule has 302 valence electrons. The number of imidazole rings is 2. The van der Waals surface area contributed by atoms with Crippen molar-refractivity contribution in [1.29, 1.82) is 0 Å². The molecule has 4 N–H and O–H groups in total. The molecular weight excluding hydrogens is 753 g/mol. The Morgan fingerprint density at radius 3 is 1.90 bits per heavy atom. The van der Waals surface area contributed by atoms with Crippen LogP contribution in [0.4, 0.5) is 9.59 Å². The molecular formula is C43H44N10O6. The van der Waals surface area contributed by atoms with E-state index in [0.29, 0.717) is 47.3 Å². The first-order valence-corrected chi connectivity index (χ1v) is 19.0. The standard InChI is InChI=1S/C43H44N10O6/c1-26(52(2)40(54)35(50-42(56)58-3)28-12-7-5-8-13-28)37-46-24-32(48-37)27-17-19-30(20-18-27)38-44-22-31(23-45-38)33-25-47-39(49-33)34-16-11-21-53(34)41(55)36(51-43(57)59-4)29-14-9-6-10-15-29/h5-10,12-15,17-20,22-26,34-36H,11,16,21H2,1-4H3,(H,46,48)(H,47,49)(H,50,56)(H,51,57)/t26-,34+,35+,36+/m0/s1. The SMILES string of the molecule is COC(=O)N[C@@H](C(=O)N(C)[C@@H](C)c1ncc(-c2ccc(-c3ncc(-c4cnc([C@H]5CCCN5C(=O)[C@H](NC(=O)OC)c5ccccc5)[nH]4)cn3)cc2)[nH]1)c1ccccc1. The number of nitrogens with zero attached hydrogens (tertiary/aromatic N) is 6. The number of likely N-dealkylation sites (tertiary alicyclic amines) is 1. The number of hydrogen-bond donors (Lipinski definition) is 4. The lowest BCUT2D eigenvalue weighted by Crippen LogP contribution is -2.42. The van der Waals surface area contributed by atoms with Gasteiger partial charge in [0.25, 0.3) is 5.91 Å². The summed E-state index contributed by atoms with van der Waals surface area (Å²) in [6.07, 6.45) is 6.97. The Morgan fingerprint density at radius 1 is 0.712 bits per heavy atom. The fourth-order valence-corrected chi connectivity index (χ4v) is 7.04. The summed E-state index contributed by atoms with van der Waals surface area (Å²) in [5.74, 6) is 1.17. The molecule has 4 atom stereocenters. The Labute approximate surface area is 340 Å². The summed E-state index contributed by atoms with van der Waals surface area (Å²) < 4.78 is 9.58. The second kappa shape index (κ2) is 17.8. The van der Waals surface area contributed by atoms with Crippen molar-refractivity contribution in [3.8, 4) is 33.9 Å². The molecule has 0 aliphatic carbocycles. The number of carbonyl (C=O) groups is 4. The van der Waals surface area contributed by atoms with E-state index in [9.17, 15) is 19.2 Å². The molecule has 0 unspecified atom stereocenters. The molecule has 16 heteroatoms. The van der Waals surface area contributed by atoms with Crippen LogP contribution >= 0.6 is 0 Å².